The summed E-state index contributed by atoms with van der Waals surface area (Å²) in [6, 6.07) is 9.29. The Morgan fingerprint density at radius 3 is 2.57 bits per heavy atom. The number of aromatic nitrogens is 1. The topological polar surface area (TPSA) is 89.5 Å². The van der Waals surface area contributed by atoms with Gasteiger partial charge in [0.15, 0.2) is 0 Å². The van der Waals surface area contributed by atoms with Gasteiger partial charge in [-0.3, -0.25) is 5.32 Å². The van der Waals surface area contributed by atoms with Gasteiger partial charge in [0, 0.05) is 16.4 Å². The minimum Gasteiger partial charge on any atom is -0.434 e. The molecule has 0 spiro atoms. The Bertz CT molecular complexity index is 691. The molecule has 2 amide bonds. The van der Waals surface area contributed by atoms with Crippen molar-refractivity contribution in [3.05, 3.63) is 47.1 Å². The first-order chi connectivity index (χ1) is 11.1. The molecular formula is C15H14BrN3O4. The molecule has 0 aliphatic rings. The second-order valence-corrected chi connectivity index (χ2v) is 5.16. The predicted octanol–water partition coefficient (Wildman–Crippen LogP) is 4.02. The van der Waals surface area contributed by atoms with E-state index in [4.69, 9.17) is 4.74 Å². The highest BCUT2D eigenvalue weighted by Crippen LogP contribution is 2.17. The summed E-state index contributed by atoms with van der Waals surface area (Å²) >= 11 is 3.29. The lowest BCUT2D eigenvalue weighted by molar-refractivity contribution is 0.104. The van der Waals surface area contributed by atoms with Gasteiger partial charge in [-0.1, -0.05) is 15.9 Å². The Morgan fingerprint density at radius 2 is 1.91 bits per heavy atom. The third-order valence-electron chi connectivity index (χ3n) is 2.54. The standard InChI is InChI=1S/C15H14BrN3O4/c1-2-22-15(21)23-12-5-3-11(4-6-12)18-14(20)19-13-9-10(16)7-8-17-13/h3-9H,2H2,1H3,(H2,17,18,19,20). The fraction of sp³-hybridized carbons (Fsp3) is 0.133. The molecule has 0 unspecified atom stereocenters. The maximum Gasteiger partial charge on any atom is 0.513 e. The smallest absolute Gasteiger partial charge is 0.434 e. The van der Waals surface area contributed by atoms with Gasteiger partial charge in [-0.05, 0) is 43.3 Å². The Hall–Kier alpha value is -2.61. The summed E-state index contributed by atoms with van der Waals surface area (Å²) in [5.41, 5.74) is 0.536. The Kier molecular flexibility index (Phi) is 5.93. The van der Waals surface area contributed by atoms with E-state index in [1.165, 1.54) is 0 Å². The lowest BCUT2D eigenvalue weighted by Crippen LogP contribution is -2.20. The summed E-state index contributed by atoms with van der Waals surface area (Å²) < 4.78 is 10.4. The van der Waals surface area contributed by atoms with E-state index in [0.717, 1.165) is 4.47 Å². The maximum absolute atomic E-state index is 11.9. The van der Waals surface area contributed by atoms with E-state index in [0.29, 0.717) is 17.3 Å². The molecule has 0 saturated heterocycles. The molecule has 0 radical (unpaired) electrons. The number of nitrogens with one attached hydrogen (secondary N) is 2. The lowest BCUT2D eigenvalue weighted by Gasteiger charge is -2.08. The minimum absolute atomic E-state index is 0.238. The largest absolute Gasteiger partial charge is 0.513 e. The summed E-state index contributed by atoms with van der Waals surface area (Å²) in [4.78, 5) is 27.0. The summed E-state index contributed by atoms with van der Waals surface area (Å²) in [6.45, 7) is 1.93. The molecule has 2 N–H and O–H groups in total. The first-order valence-electron chi connectivity index (χ1n) is 6.71. The van der Waals surface area contributed by atoms with E-state index < -0.39 is 12.2 Å². The number of benzene rings is 1. The van der Waals surface area contributed by atoms with Gasteiger partial charge in [-0.2, -0.15) is 0 Å². The molecule has 23 heavy (non-hydrogen) atoms. The highest BCUT2D eigenvalue weighted by molar-refractivity contribution is 9.10. The number of halogens is 1. The summed E-state index contributed by atoms with van der Waals surface area (Å²) in [6.07, 6.45) is 0.799. The number of carbonyl (C=O) groups is 2. The molecule has 1 aromatic heterocycles. The van der Waals surface area contributed by atoms with E-state index in [1.54, 1.807) is 49.5 Å². The number of urea groups is 1. The van der Waals surface area contributed by atoms with Crippen LogP contribution in [0.2, 0.25) is 0 Å². The van der Waals surface area contributed by atoms with E-state index in [-0.39, 0.29) is 6.61 Å². The van der Waals surface area contributed by atoms with Crippen molar-refractivity contribution in [1.29, 1.82) is 0 Å². The van der Waals surface area contributed by atoms with Crippen LogP contribution in [-0.2, 0) is 4.74 Å². The van der Waals surface area contributed by atoms with Crippen LogP contribution in [0.5, 0.6) is 5.75 Å². The van der Waals surface area contributed by atoms with Crippen molar-refractivity contribution < 1.29 is 19.1 Å². The van der Waals surface area contributed by atoms with E-state index in [2.05, 4.69) is 36.3 Å². The molecule has 2 aromatic rings. The average Bonchev–Trinajstić information content (AvgIpc) is 2.49. The number of ether oxygens (including phenoxy) is 2. The number of amides is 2. The second kappa shape index (κ2) is 8.14. The highest BCUT2D eigenvalue weighted by atomic mass is 79.9. The van der Waals surface area contributed by atoms with Crippen LogP contribution in [0.4, 0.5) is 21.1 Å². The zero-order valence-electron chi connectivity index (χ0n) is 12.2. The van der Waals surface area contributed by atoms with Gasteiger partial charge < -0.3 is 14.8 Å². The van der Waals surface area contributed by atoms with Gasteiger partial charge in [-0.25, -0.2) is 14.6 Å². The quantitative estimate of drug-likeness (QED) is 0.618. The van der Waals surface area contributed by atoms with Crippen molar-refractivity contribution in [2.75, 3.05) is 17.2 Å². The van der Waals surface area contributed by atoms with Crippen molar-refractivity contribution in [1.82, 2.24) is 4.98 Å². The van der Waals surface area contributed by atoms with Crippen LogP contribution in [-0.4, -0.2) is 23.8 Å². The Morgan fingerprint density at radius 1 is 1.17 bits per heavy atom. The molecular weight excluding hydrogens is 366 g/mol. The number of nitrogens with zero attached hydrogens (tertiary/aromatic N) is 1. The molecule has 1 aromatic carbocycles. The molecule has 0 bridgehead atoms. The average molecular weight is 380 g/mol. The third-order valence-corrected chi connectivity index (χ3v) is 3.03. The number of hydrogen-bond acceptors (Lipinski definition) is 5. The van der Waals surface area contributed by atoms with E-state index >= 15 is 0 Å². The molecule has 0 aliphatic heterocycles. The highest BCUT2D eigenvalue weighted by Gasteiger charge is 2.07. The third kappa shape index (κ3) is 5.59. The van der Waals surface area contributed by atoms with Gasteiger partial charge in [-0.15, -0.1) is 0 Å². The number of carbonyl (C=O) groups excluding carboxylic acids is 2. The van der Waals surface area contributed by atoms with Crippen LogP contribution in [0.1, 0.15) is 6.92 Å². The molecule has 0 aliphatic carbocycles. The molecule has 120 valence electrons. The van der Waals surface area contributed by atoms with Gasteiger partial charge >= 0.3 is 12.2 Å². The van der Waals surface area contributed by atoms with Crippen LogP contribution in [0.3, 0.4) is 0 Å². The SMILES string of the molecule is CCOC(=O)Oc1ccc(NC(=O)Nc2cc(Br)ccn2)cc1. The molecule has 2 rings (SSSR count). The lowest BCUT2D eigenvalue weighted by atomic mass is 10.3. The Balaban J connectivity index is 1.90. The molecule has 8 heteroatoms. The zero-order chi connectivity index (χ0) is 16.7. The van der Waals surface area contributed by atoms with Crippen molar-refractivity contribution >= 4 is 39.6 Å². The van der Waals surface area contributed by atoms with Gasteiger partial charge in [0.1, 0.15) is 11.6 Å². The van der Waals surface area contributed by atoms with Crippen LogP contribution in [0.15, 0.2) is 47.1 Å². The van der Waals surface area contributed by atoms with Crippen molar-refractivity contribution in [3.8, 4) is 5.75 Å². The van der Waals surface area contributed by atoms with Crippen LogP contribution < -0.4 is 15.4 Å². The van der Waals surface area contributed by atoms with Crippen LogP contribution in [0.25, 0.3) is 0 Å². The fourth-order valence-electron chi connectivity index (χ4n) is 1.60. The number of anilines is 2. The first kappa shape index (κ1) is 16.8. The van der Waals surface area contributed by atoms with Crippen LogP contribution in [0, 0.1) is 0 Å². The molecule has 0 atom stereocenters. The van der Waals surface area contributed by atoms with Crippen molar-refractivity contribution in [3.63, 3.8) is 0 Å². The molecule has 7 nitrogen and oxygen atoms in total. The van der Waals surface area contributed by atoms with E-state index in [1.807, 2.05) is 0 Å². The fourth-order valence-corrected chi connectivity index (χ4v) is 1.94. The van der Waals surface area contributed by atoms with E-state index in [9.17, 15) is 9.59 Å². The van der Waals surface area contributed by atoms with Crippen LogP contribution >= 0.6 is 15.9 Å². The van der Waals surface area contributed by atoms with Gasteiger partial charge in [0.05, 0.1) is 6.61 Å². The number of hydrogen-bond donors (Lipinski definition) is 2. The van der Waals surface area contributed by atoms with Gasteiger partial charge in [0.25, 0.3) is 0 Å². The summed E-state index contributed by atoms with van der Waals surface area (Å²) in [5.74, 6) is 0.738. The first-order valence-corrected chi connectivity index (χ1v) is 7.50. The molecule has 0 saturated carbocycles. The number of pyridine rings is 1. The monoisotopic (exact) mass is 379 g/mol. The maximum atomic E-state index is 11.9. The normalized spacial score (nSPS) is 9.83. The second-order valence-electron chi connectivity index (χ2n) is 4.25. The van der Waals surface area contributed by atoms with Crippen molar-refractivity contribution in [2.24, 2.45) is 0 Å². The van der Waals surface area contributed by atoms with Crippen molar-refractivity contribution in [2.45, 2.75) is 6.92 Å². The predicted molar refractivity (Wildman–Crippen MR) is 88.7 cm³/mol. The number of rotatable bonds is 4. The summed E-state index contributed by atoms with van der Waals surface area (Å²) in [5, 5.41) is 5.24. The molecule has 0 fully saturated rings. The molecule has 1 heterocycles. The Labute approximate surface area is 141 Å². The summed E-state index contributed by atoms with van der Waals surface area (Å²) in [7, 11) is 0. The zero-order valence-corrected chi connectivity index (χ0v) is 13.8. The van der Waals surface area contributed by atoms with Gasteiger partial charge in [0.2, 0.25) is 0 Å². The minimum atomic E-state index is -0.772.